The molecule has 2 rings (SSSR count). The highest BCUT2D eigenvalue weighted by molar-refractivity contribution is 7.09. The number of hydrogen-bond acceptors (Lipinski definition) is 5. The van der Waals surface area contributed by atoms with Gasteiger partial charge in [0.1, 0.15) is 10.7 Å². The van der Waals surface area contributed by atoms with E-state index in [9.17, 15) is 4.79 Å². The molecular weight excluding hydrogens is 250 g/mol. The summed E-state index contributed by atoms with van der Waals surface area (Å²) >= 11 is 1.52. The molecule has 7 heteroatoms. The lowest BCUT2D eigenvalue weighted by molar-refractivity contribution is 0.0942. The fourth-order valence-electron chi connectivity index (χ4n) is 1.67. The van der Waals surface area contributed by atoms with Gasteiger partial charge in [0.15, 0.2) is 0 Å². The van der Waals surface area contributed by atoms with Crippen LogP contribution < -0.4 is 11.1 Å². The van der Waals surface area contributed by atoms with Gasteiger partial charge >= 0.3 is 0 Å². The van der Waals surface area contributed by atoms with Crippen LogP contribution >= 0.6 is 11.3 Å². The highest BCUT2D eigenvalue weighted by Gasteiger charge is 2.17. The lowest BCUT2D eigenvalue weighted by atomic mass is 10.3. The largest absolute Gasteiger partial charge is 0.395 e. The molecule has 0 aliphatic carbocycles. The number of nitrogens with one attached hydrogen (secondary N) is 1. The molecule has 0 spiro atoms. The van der Waals surface area contributed by atoms with Gasteiger partial charge in [-0.2, -0.15) is 5.10 Å². The van der Waals surface area contributed by atoms with Gasteiger partial charge in [-0.25, -0.2) is 4.98 Å². The number of nitrogens with two attached hydrogens (primary N) is 1. The van der Waals surface area contributed by atoms with Gasteiger partial charge in [-0.15, -0.1) is 11.3 Å². The maximum Gasteiger partial charge on any atom is 0.272 e. The molecule has 0 atom stereocenters. The van der Waals surface area contributed by atoms with Crippen molar-refractivity contribution in [3.05, 3.63) is 27.5 Å². The summed E-state index contributed by atoms with van der Waals surface area (Å²) in [6.07, 6.45) is 0. The monoisotopic (exact) mass is 265 g/mol. The molecular formula is C11H15N5OS. The van der Waals surface area contributed by atoms with E-state index in [4.69, 9.17) is 5.73 Å². The number of aryl methyl sites for hydroxylation is 3. The van der Waals surface area contributed by atoms with Crippen molar-refractivity contribution >= 4 is 22.9 Å². The standard InChI is InChI=1S/C11H15N5OS/c1-6-5-18-8(14-6)4-13-11(17)10-9(12)7(2)15-16(10)3/h5H,4,12H2,1-3H3,(H,13,17). The number of carbonyl (C=O) groups is 1. The highest BCUT2D eigenvalue weighted by atomic mass is 32.1. The van der Waals surface area contributed by atoms with Crippen molar-refractivity contribution in [1.82, 2.24) is 20.1 Å². The first-order valence-corrected chi connectivity index (χ1v) is 6.35. The Balaban J connectivity index is 2.08. The fraction of sp³-hybridized carbons (Fsp3) is 0.364. The van der Waals surface area contributed by atoms with Crippen LogP contribution in [0.15, 0.2) is 5.38 Å². The second-order valence-corrected chi connectivity index (χ2v) is 4.98. The van der Waals surface area contributed by atoms with Crippen LogP contribution in [0.2, 0.25) is 0 Å². The van der Waals surface area contributed by atoms with Gasteiger partial charge in [0.2, 0.25) is 0 Å². The van der Waals surface area contributed by atoms with Crippen LogP contribution in [0, 0.1) is 13.8 Å². The smallest absolute Gasteiger partial charge is 0.272 e. The molecule has 0 aliphatic heterocycles. The quantitative estimate of drug-likeness (QED) is 0.867. The van der Waals surface area contributed by atoms with E-state index >= 15 is 0 Å². The molecule has 0 saturated heterocycles. The molecule has 0 unspecified atom stereocenters. The summed E-state index contributed by atoms with van der Waals surface area (Å²) in [5, 5.41) is 9.72. The van der Waals surface area contributed by atoms with Crippen LogP contribution in [-0.2, 0) is 13.6 Å². The van der Waals surface area contributed by atoms with E-state index in [1.54, 1.807) is 14.0 Å². The zero-order chi connectivity index (χ0) is 13.3. The molecule has 2 aromatic rings. The summed E-state index contributed by atoms with van der Waals surface area (Å²) < 4.78 is 1.49. The molecule has 0 saturated carbocycles. The second kappa shape index (κ2) is 4.77. The molecule has 0 bridgehead atoms. The Morgan fingerprint density at radius 1 is 1.56 bits per heavy atom. The van der Waals surface area contributed by atoms with E-state index in [1.165, 1.54) is 16.0 Å². The first-order chi connectivity index (χ1) is 8.49. The SMILES string of the molecule is Cc1csc(CNC(=O)c2c(N)c(C)nn2C)n1. The minimum atomic E-state index is -0.233. The first-order valence-electron chi connectivity index (χ1n) is 5.47. The maximum atomic E-state index is 12.0. The van der Waals surface area contributed by atoms with Crippen LogP contribution in [-0.4, -0.2) is 20.7 Å². The van der Waals surface area contributed by atoms with Gasteiger partial charge in [0.05, 0.1) is 17.9 Å². The molecule has 0 radical (unpaired) electrons. The van der Waals surface area contributed by atoms with Crippen molar-refractivity contribution in [2.75, 3.05) is 5.73 Å². The number of aromatic nitrogens is 3. The van der Waals surface area contributed by atoms with E-state index in [0.717, 1.165) is 10.7 Å². The molecule has 2 aromatic heterocycles. The van der Waals surface area contributed by atoms with Crippen molar-refractivity contribution < 1.29 is 4.79 Å². The summed E-state index contributed by atoms with van der Waals surface area (Å²) in [5.74, 6) is -0.233. The Hall–Kier alpha value is -1.89. The number of nitrogens with zero attached hydrogens (tertiary/aromatic N) is 3. The molecule has 0 aromatic carbocycles. The zero-order valence-electron chi connectivity index (χ0n) is 10.5. The van der Waals surface area contributed by atoms with Crippen LogP contribution in [0.5, 0.6) is 0 Å². The fourth-order valence-corrected chi connectivity index (χ4v) is 2.38. The van der Waals surface area contributed by atoms with Crippen LogP contribution in [0.3, 0.4) is 0 Å². The lowest BCUT2D eigenvalue weighted by Crippen LogP contribution is -2.26. The number of nitrogen functional groups attached to an aromatic ring is 1. The van der Waals surface area contributed by atoms with E-state index in [2.05, 4.69) is 15.4 Å². The summed E-state index contributed by atoms with van der Waals surface area (Å²) in [6, 6.07) is 0. The molecule has 96 valence electrons. The third-order valence-corrected chi connectivity index (χ3v) is 3.52. The van der Waals surface area contributed by atoms with Gasteiger partial charge < -0.3 is 11.1 Å². The summed E-state index contributed by atoms with van der Waals surface area (Å²) in [7, 11) is 1.70. The molecule has 0 aliphatic rings. The number of carbonyl (C=O) groups excluding carboxylic acids is 1. The molecule has 6 nitrogen and oxygen atoms in total. The van der Waals surface area contributed by atoms with Crippen molar-refractivity contribution in [3.8, 4) is 0 Å². The van der Waals surface area contributed by atoms with E-state index in [-0.39, 0.29) is 5.91 Å². The maximum absolute atomic E-state index is 12.0. The number of hydrogen-bond donors (Lipinski definition) is 2. The minimum absolute atomic E-state index is 0.233. The average Bonchev–Trinajstić information content (AvgIpc) is 2.82. The molecule has 1 amide bonds. The van der Waals surface area contributed by atoms with Gasteiger partial charge in [0, 0.05) is 18.1 Å². The van der Waals surface area contributed by atoms with Gasteiger partial charge in [-0.3, -0.25) is 9.48 Å². The Bertz CT molecular complexity index is 586. The zero-order valence-corrected chi connectivity index (χ0v) is 11.3. The summed E-state index contributed by atoms with van der Waals surface area (Å²) in [5.41, 5.74) is 8.25. The number of rotatable bonds is 3. The summed E-state index contributed by atoms with van der Waals surface area (Å²) in [6.45, 7) is 4.10. The van der Waals surface area contributed by atoms with Crippen molar-refractivity contribution in [3.63, 3.8) is 0 Å². The van der Waals surface area contributed by atoms with E-state index in [1.807, 2.05) is 12.3 Å². The van der Waals surface area contributed by atoms with Crippen LogP contribution in [0.1, 0.15) is 26.9 Å². The van der Waals surface area contributed by atoms with Gasteiger partial charge in [-0.1, -0.05) is 0 Å². The predicted molar refractivity (Wildman–Crippen MR) is 70.4 cm³/mol. The second-order valence-electron chi connectivity index (χ2n) is 4.04. The summed E-state index contributed by atoms with van der Waals surface area (Å²) in [4.78, 5) is 16.3. The Labute approximate surface area is 109 Å². The number of amides is 1. The minimum Gasteiger partial charge on any atom is -0.395 e. The van der Waals surface area contributed by atoms with Crippen molar-refractivity contribution in [2.24, 2.45) is 7.05 Å². The van der Waals surface area contributed by atoms with E-state index < -0.39 is 0 Å². The third-order valence-electron chi connectivity index (χ3n) is 2.55. The highest BCUT2D eigenvalue weighted by Crippen LogP contribution is 2.15. The predicted octanol–water partition coefficient (Wildman–Crippen LogP) is 1.01. The van der Waals surface area contributed by atoms with Gasteiger partial charge in [0.25, 0.3) is 5.91 Å². The Morgan fingerprint density at radius 3 is 2.78 bits per heavy atom. The average molecular weight is 265 g/mol. The number of thiazole rings is 1. The van der Waals surface area contributed by atoms with Crippen molar-refractivity contribution in [1.29, 1.82) is 0 Å². The molecule has 3 N–H and O–H groups in total. The molecule has 18 heavy (non-hydrogen) atoms. The van der Waals surface area contributed by atoms with Crippen molar-refractivity contribution in [2.45, 2.75) is 20.4 Å². The molecule has 2 heterocycles. The topological polar surface area (TPSA) is 85.8 Å². The van der Waals surface area contributed by atoms with Crippen LogP contribution in [0.25, 0.3) is 0 Å². The Kier molecular flexibility index (Phi) is 3.33. The van der Waals surface area contributed by atoms with Gasteiger partial charge in [-0.05, 0) is 13.8 Å². The first kappa shape index (κ1) is 12.6. The number of anilines is 1. The normalized spacial score (nSPS) is 10.6. The third kappa shape index (κ3) is 2.35. The molecule has 0 fully saturated rings. The van der Waals surface area contributed by atoms with Crippen LogP contribution in [0.4, 0.5) is 5.69 Å². The lowest BCUT2D eigenvalue weighted by Gasteiger charge is -2.04. The van der Waals surface area contributed by atoms with E-state index in [0.29, 0.717) is 23.6 Å². The Morgan fingerprint density at radius 2 is 2.28 bits per heavy atom.